The number of hydrogen-bond acceptors (Lipinski definition) is 4. The predicted octanol–water partition coefficient (Wildman–Crippen LogP) is 4.47. The van der Waals surface area contributed by atoms with E-state index in [1.165, 1.54) is 6.42 Å². The monoisotopic (exact) mass is 512 g/mol. The van der Waals surface area contributed by atoms with Crippen molar-refractivity contribution in [3.63, 3.8) is 0 Å². The molecule has 0 radical (unpaired) electrons. The normalized spacial score (nSPS) is 20.1. The maximum atomic E-state index is 6.07. The Morgan fingerprint density at radius 3 is 2.66 bits per heavy atom. The molecule has 1 aromatic carbocycles. The maximum Gasteiger partial charge on any atom is 0.226 e. The zero-order valence-electron chi connectivity index (χ0n) is 17.8. The van der Waals surface area contributed by atoms with Gasteiger partial charge in [-0.25, -0.2) is 4.98 Å². The molecule has 1 aliphatic heterocycles. The Hall–Kier alpha value is -1.61. The summed E-state index contributed by atoms with van der Waals surface area (Å²) in [6.07, 6.45) is 4.24. The van der Waals surface area contributed by atoms with E-state index in [9.17, 15) is 0 Å². The second-order valence-electron chi connectivity index (χ2n) is 8.38. The lowest BCUT2D eigenvalue weighted by Crippen LogP contribution is -2.47. The zero-order valence-corrected chi connectivity index (χ0v) is 20.1. The van der Waals surface area contributed by atoms with E-state index < -0.39 is 0 Å². The van der Waals surface area contributed by atoms with Gasteiger partial charge in [-0.15, -0.1) is 24.0 Å². The van der Waals surface area contributed by atoms with Crippen LogP contribution < -0.4 is 10.6 Å². The molecule has 0 amide bonds. The summed E-state index contributed by atoms with van der Waals surface area (Å²) in [5, 5.41) is 6.77. The van der Waals surface area contributed by atoms with Crippen molar-refractivity contribution in [2.24, 2.45) is 16.3 Å². The van der Waals surface area contributed by atoms with Crippen LogP contribution in [0.25, 0.3) is 11.5 Å². The lowest BCUT2D eigenvalue weighted by Gasteiger charge is -2.40. The smallest absolute Gasteiger partial charge is 0.226 e. The third-order valence-corrected chi connectivity index (χ3v) is 5.06. The van der Waals surface area contributed by atoms with Crippen molar-refractivity contribution in [2.45, 2.75) is 46.3 Å². The molecule has 0 bridgehead atoms. The van der Waals surface area contributed by atoms with E-state index in [0.717, 1.165) is 36.8 Å². The molecule has 1 saturated heterocycles. The lowest BCUT2D eigenvalue weighted by molar-refractivity contribution is -0.0835. The largest absolute Gasteiger partial charge is 0.444 e. The van der Waals surface area contributed by atoms with E-state index in [1.807, 2.05) is 30.3 Å². The number of halogens is 1. The highest BCUT2D eigenvalue weighted by molar-refractivity contribution is 14.0. The van der Waals surface area contributed by atoms with E-state index >= 15 is 0 Å². The van der Waals surface area contributed by atoms with Gasteiger partial charge in [0.25, 0.3) is 0 Å². The van der Waals surface area contributed by atoms with Crippen molar-refractivity contribution in [2.75, 3.05) is 20.2 Å². The molecule has 2 N–H and O–H groups in total. The second-order valence-corrected chi connectivity index (χ2v) is 8.38. The SMILES string of the molecule is CN=C(NCc1coc(-c2ccccc2)n1)NCC1CCCOC1C(C)(C)C.I. The Kier molecular flexibility index (Phi) is 8.95. The minimum atomic E-state index is 0. The number of rotatable bonds is 5. The standard InChI is InChI=1S/C22H32N4O2.HI/c1-22(2,3)19-17(11-8-12-27-19)13-24-21(23-4)25-14-18-15-28-20(26-18)16-9-6-5-7-10-16;/h5-7,9-10,15,17,19H,8,11-14H2,1-4H3,(H2,23,24,25);1H. The number of nitrogens with one attached hydrogen (secondary N) is 2. The van der Waals surface area contributed by atoms with Gasteiger partial charge in [-0.3, -0.25) is 4.99 Å². The third kappa shape index (κ3) is 6.70. The van der Waals surface area contributed by atoms with E-state index in [2.05, 4.69) is 41.4 Å². The van der Waals surface area contributed by atoms with Gasteiger partial charge in [-0.05, 0) is 30.4 Å². The fourth-order valence-electron chi connectivity index (χ4n) is 3.73. The van der Waals surface area contributed by atoms with Crippen molar-refractivity contribution >= 4 is 29.9 Å². The minimum absolute atomic E-state index is 0. The van der Waals surface area contributed by atoms with Gasteiger partial charge >= 0.3 is 0 Å². The summed E-state index contributed by atoms with van der Waals surface area (Å²) in [6, 6.07) is 9.90. The molecule has 3 rings (SSSR count). The fraction of sp³-hybridized carbons (Fsp3) is 0.545. The van der Waals surface area contributed by atoms with Crippen LogP contribution in [0.3, 0.4) is 0 Å². The number of benzene rings is 1. The van der Waals surface area contributed by atoms with Gasteiger partial charge in [0.2, 0.25) is 5.89 Å². The molecule has 2 atom stereocenters. The lowest BCUT2D eigenvalue weighted by atomic mass is 9.78. The summed E-state index contributed by atoms with van der Waals surface area (Å²) in [5.74, 6) is 1.87. The molecule has 1 aromatic heterocycles. The van der Waals surface area contributed by atoms with Crippen LogP contribution >= 0.6 is 24.0 Å². The van der Waals surface area contributed by atoms with Crippen molar-refractivity contribution in [1.29, 1.82) is 0 Å². The van der Waals surface area contributed by atoms with E-state index in [4.69, 9.17) is 9.15 Å². The topological polar surface area (TPSA) is 71.7 Å². The fourth-order valence-corrected chi connectivity index (χ4v) is 3.73. The Morgan fingerprint density at radius 1 is 1.21 bits per heavy atom. The quantitative estimate of drug-likeness (QED) is 0.352. The number of oxazole rings is 1. The first kappa shape index (κ1) is 23.7. The molecule has 0 saturated carbocycles. The van der Waals surface area contributed by atoms with Gasteiger partial charge in [0.05, 0.1) is 18.3 Å². The highest BCUT2D eigenvalue weighted by Gasteiger charge is 2.35. The second kappa shape index (κ2) is 11.0. The van der Waals surface area contributed by atoms with E-state index in [0.29, 0.717) is 18.4 Å². The van der Waals surface area contributed by atoms with Crippen LogP contribution in [0.15, 0.2) is 46.0 Å². The number of ether oxygens (including phenoxy) is 1. The summed E-state index contributed by atoms with van der Waals surface area (Å²) < 4.78 is 11.7. The molecule has 0 spiro atoms. The van der Waals surface area contributed by atoms with E-state index in [1.54, 1.807) is 13.3 Å². The predicted molar refractivity (Wildman–Crippen MR) is 127 cm³/mol. The van der Waals surface area contributed by atoms with Gasteiger partial charge in [0.1, 0.15) is 6.26 Å². The summed E-state index contributed by atoms with van der Waals surface area (Å²) >= 11 is 0. The average molecular weight is 512 g/mol. The zero-order chi connectivity index (χ0) is 20.0. The molecule has 6 nitrogen and oxygen atoms in total. The van der Waals surface area contributed by atoms with Crippen molar-refractivity contribution < 1.29 is 9.15 Å². The summed E-state index contributed by atoms with van der Waals surface area (Å²) in [5.41, 5.74) is 1.95. The summed E-state index contributed by atoms with van der Waals surface area (Å²) in [6.45, 7) is 9.00. The summed E-state index contributed by atoms with van der Waals surface area (Å²) in [7, 11) is 1.78. The Morgan fingerprint density at radius 2 is 1.97 bits per heavy atom. The van der Waals surface area contributed by atoms with Gasteiger partial charge in [-0.1, -0.05) is 39.0 Å². The third-order valence-electron chi connectivity index (χ3n) is 5.06. The van der Waals surface area contributed by atoms with Crippen LogP contribution in [0.5, 0.6) is 0 Å². The Bertz CT molecular complexity index is 771. The molecular formula is C22H33IN4O2. The van der Waals surface area contributed by atoms with Crippen LogP contribution in [0.4, 0.5) is 0 Å². The molecule has 2 unspecified atom stereocenters. The molecule has 1 fully saturated rings. The van der Waals surface area contributed by atoms with Crippen LogP contribution in [0.1, 0.15) is 39.3 Å². The Labute approximate surface area is 190 Å². The number of aromatic nitrogens is 1. The number of nitrogens with zero attached hydrogens (tertiary/aromatic N) is 2. The number of aliphatic imine (C=N–C) groups is 1. The highest BCUT2D eigenvalue weighted by Crippen LogP contribution is 2.33. The highest BCUT2D eigenvalue weighted by atomic mass is 127. The first-order valence-electron chi connectivity index (χ1n) is 10.0. The molecular weight excluding hydrogens is 479 g/mol. The van der Waals surface area contributed by atoms with Crippen LogP contribution in [0, 0.1) is 11.3 Å². The number of hydrogen-bond donors (Lipinski definition) is 2. The first-order valence-corrected chi connectivity index (χ1v) is 10.0. The molecule has 2 heterocycles. The first-order chi connectivity index (χ1) is 13.5. The summed E-state index contributed by atoms with van der Waals surface area (Å²) in [4.78, 5) is 8.88. The molecule has 29 heavy (non-hydrogen) atoms. The van der Waals surface area contributed by atoms with Crippen LogP contribution in [-0.4, -0.2) is 37.2 Å². The van der Waals surface area contributed by atoms with Crippen molar-refractivity contribution in [3.8, 4) is 11.5 Å². The van der Waals surface area contributed by atoms with Gasteiger partial charge in [0, 0.05) is 31.7 Å². The molecule has 0 aliphatic carbocycles. The molecule has 7 heteroatoms. The number of guanidine groups is 1. The average Bonchev–Trinajstić information content (AvgIpc) is 3.17. The minimum Gasteiger partial charge on any atom is -0.444 e. The van der Waals surface area contributed by atoms with Gasteiger partial charge in [0.15, 0.2) is 5.96 Å². The van der Waals surface area contributed by atoms with Crippen molar-refractivity contribution in [1.82, 2.24) is 15.6 Å². The maximum absolute atomic E-state index is 6.07. The molecule has 1 aliphatic rings. The molecule has 2 aromatic rings. The van der Waals surface area contributed by atoms with Crippen LogP contribution in [-0.2, 0) is 11.3 Å². The Balaban J connectivity index is 0.00000300. The van der Waals surface area contributed by atoms with Crippen molar-refractivity contribution in [3.05, 3.63) is 42.3 Å². The van der Waals surface area contributed by atoms with Gasteiger partial charge in [-0.2, -0.15) is 0 Å². The van der Waals surface area contributed by atoms with Gasteiger partial charge < -0.3 is 19.8 Å². The molecule has 160 valence electrons. The van der Waals surface area contributed by atoms with Crippen LogP contribution in [0.2, 0.25) is 0 Å². The van der Waals surface area contributed by atoms with E-state index in [-0.39, 0.29) is 35.5 Å².